The molecular formula is C23H26FNO4. The summed E-state index contributed by atoms with van der Waals surface area (Å²) in [5.41, 5.74) is 0.747. The van der Waals surface area contributed by atoms with Crippen LogP contribution in [0.2, 0.25) is 0 Å². The zero-order valence-electron chi connectivity index (χ0n) is 16.7. The average Bonchev–Trinajstić information content (AvgIpc) is 3.55. The van der Waals surface area contributed by atoms with Gasteiger partial charge in [-0.15, -0.1) is 0 Å². The van der Waals surface area contributed by atoms with E-state index >= 15 is 0 Å². The molecule has 2 unspecified atom stereocenters. The standard InChI is InChI=1S/C23H26FNO4/c1-28-18-11-16(12-19(13-18)29-2)23(27)7-9-25(10-8-23)22(26)21-14-20(21)15-3-5-17(24)6-4-15/h3-6,11-13,20-21,27H,7-10,14H2,1-2H3. The molecule has 154 valence electrons. The molecule has 0 radical (unpaired) electrons. The van der Waals surface area contributed by atoms with Gasteiger partial charge < -0.3 is 19.5 Å². The van der Waals surface area contributed by atoms with Gasteiger partial charge >= 0.3 is 0 Å². The molecule has 1 N–H and O–H groups in total. The number of carbonyl (C=O) groups is 1. The second-order valence-electron chi connectivity index (χ2n) is 7.96. The van der Waals surface area contributed by atoms with Crippen molar-refractivity contribution in [3.8, 4) is 11.5 Å². The molecule has 0 spiro atoms. The van der Waals surface area contributed by atoms with Crippen molar-refractivity contribution in [2.24, 2.45) is 5.92 Å². The van der Waals surface area contributed by atoms with Crippen molar-refractivity contribution in [3.63, 3.8) is 0 Å². The lowest BCUT2D eigenvalue weighted by Crippen LogP contribution is -2.45. The zero-order chi connectivity index (χ0) is 20.6. The molecule has 5 nitrogen and oxygen atoms in total. The van der Waals surface area contributed by atoms with E-state index in [4.69, 9.17) is 9.47 Å². The Morgan fingerprint density at radius 1 is 1.07 bits per heavy atom. The molecule has 0 aromatic heterocycles. The maximum Gasteiger partial charge on any atom is 0.226 e. The van der Waals surface area contributed by atoms with Gasteiger partial charge in [0.25, 0.3) is 0 Å². The molecule has 1 saturated carbocycles. The van der Waals surface area contributed by atoms with Crippen LogP contribution in [0.5, 0.6) is 11.5 Å². The Hall–Kier alpha value is -2.60. The van der Waals surface area contributed by atoms with Gasteiger partial charge in [0, 0.05) is 25.1 Å². The van der Waals surface area contributed by atoms with E-state index in [1.54, 1.807) is 32.4 Å². The van der Waals surface area contributed by atoms with Crippen molar-refractivity contribution in [1.29, 1.82) is 0 Å². The van der Waals surface area contributed by atoms with Crippen molar-refractivity contribution >= 4 is 5.91 Å². The van der Waals surface area contributed by atoms with Crippen LogP contribution >= 0.6 is 0 Å². The third-order valence-electron chi connectivity index (χ3n) is 6.20. The highest BCUT2D eigenvalue weighted by molar-refractivity contribution is 5.83. The number of rotatable bonds is 5. The van der Waals surface area contributed by atoms with Gasteiger partial charge in [-0.05, 0) is 60.6 Å². The first-order valence-electron chi connectivity index (χ1n) is 9.94. The van der Waals surface area contributed by atoms with E-state index in [-0.39, 0.29) is 23.6 Å². The molecule has 4 rings (SSSR count). The molecule has 1 saturated heterocycles. The van der Waals surface area contributed by atoms with E-state index in [9.17, 15) is 14.3 Å². The summed E-state index contributed by atoms with van der Waals surface area (Å²) in [6, 6.07) is 11.8. The molecule has 29 heavy (non-hydrogen) atoms. The van der Waals surface area contributed by atoms with Gasteiger partial charge in [0.05, 0.1) is 19.8 Å². The number of amides is 1. The first-order chi connectivity index (χ1) is 13.9. The van der Waals surface area contributed by atoms with Crippen LogP contribution in [0.1, 0.15) is 36.3 Å². The predicted molar refractivity (Wildman–Crippen MR) is 107 cm³/mol. The smallest absolute Gasteiger partial charge is 0.226 e. The van der Waals surface area contributed by atoms with Gasteiger partial charge in [-0.1, -0.05) is 12.1 Å². The molecular weight excluding hydrogens is 373 g/mol. The van der Waals surface area contributed by atoms with Gasteiger partial charge in [-0.25, -0.2) is 4.39 Å². The Kier molecular flexibility index (Phi) is 5.21. The number of likely N-dealkylation sites (tertiary alicyclic amines) is 1. The average molecular weight is 399 g/mol. The van der Waals surface area contributed by atoms with Crippen LogP contribution in [0.3, 0.4) is 0 Å². The monoisotopic (exact) mass is 399 g/mol. The van der Waals surface area contributed by atoms with Crippen LogP contribution in [0.25, 0.3) is 0 Å². The van der Waals surface area contributed by atoms with E-state index in [0.29, 0.717) is 37.4 Å². The van der Waals surface area contributed by atoms with Gasteiger partial charge in [0.1, 0.15) is 17.3 Å². The SMILES string of the molecule is COc1cc(OC)cc(C2(O)CCN(C(=O)C3CC3c3ccc(F)cc3)CC2)c1. The minimum absolute atomic E-state index is 0.0384. The van der Waals surface area contributed by atoms with Crippen LogP contribution in [0.4, 0.5) is 4.39 Å². The molecule has 0 bridgehead atoms. The highest BCUT2D eigenvalue weighted by Gasteiger charge is 2.47. The fourth-order valence-corrected chi connectivity index (χ4v) is 4.24. The van der Waals surface area contributed by atoms with Crippen LogP contribution in [0, 0.1) is 11.7 Å². The minimum atomic E-state index is -1.02. The number of methoxy groups -OCH3 is 2. The first kappa shape index (κ1) is 19.7. The molecule has 2 aromatic carbocycles. The zero-order valence-corrected chi connectivity index (χ0v) is 16.7. The van der Waals surface area contributed by atoms with Crippen LogP contribution in [-0.4, -0.2) is 43.2 Å². The Labute approximate surface area is 170 Å². The first-order valence-corrected chi connectivity index (χ1v) is 9.94. The fraction of sp³-hybridized carbons (Fsp3) is 0.435. The van der Waals surface area contributed by atoms with E-state index < -0.39 is 5.60 Å². The summed E-state index contributed by atoms with van der Waals surface area (Å²) >= 11 is 0. The Balaban J connectivity index is 1.40. The molecule has 1 amide bonds. The lowest BCUT2D eigenvalue weighted by atomic mass is 9.84. The predicted octanol–water partition coefficient (Wildman–Crippen LogP) is 3.46. The third kappa shape index (κ3) is 3.94. The second-order valence-corrected chi connectivity index (χ2v) is 7.96. The summed E-state index contributed by atoms with van der Waals surface area (Å²) in [7, 11) is 3.16. The van der Waals surface area contributed by atoms with Gasteiger partial charge in [-0.2, -0.15) is 0 Å². The maximum absolute atomic E-state index is 13.1. The van der Waals surface area contributed by atoms with E-state index in [1.165, 1.54) is 12.1 Å². The summed E-state index contributed by atoms with van der Waals surface area (Å²) in [6.45, 7) is 1.00. The number of nitrogens with zero attached hydrogens (tertiary/aromatic N) is 1. The fourth-order valence-electron chi connectivity index (χ4n) is 4.24. The van der Waals surface area contributed by atoms with Gasteiger partial charge in [0.2, 0.25) is 5.91 Å². The summed E-state index contributed by atoms with van der Waals surface area (Å²) in [6.07, 6.45) is 1.73. The molecule has 6 heteroatoms. The molecule has 2 fully saturated rings. The molecule has 1 aliphatic heterocycles. The van der Waals surface area contributed by atoms with E-state index in [2.05, 4.69) is 0 Å². The molecule has 2 atom stereocenters. The number of benzene rings is 2. The number of aliphatic hydroxyl groups is 1. The van der Waals surface area contributed by atoms with Crippen LogP contribution < -0.4 is 9.47 Å². The van der Waals surface area contributed by atoms with Crippen molar-refractivity contribution in [2.45, 2.75) is 30.8 Å². The number of ether oxygens (including phenoxy) is 2. The number of halogens is 1. The van der Waals surface area contributed by atoms with Crippen molar-refractivity contribution in [1.82, 2.24) is 4.90 Å². The summed E-state index contributed by atoms with van der Waals surface area (Å²) in [5.74, 6) is 1.26. The molecule has 1 heterocycles. The molecule has 2 aliphatic rings. The Bertz CT molecular complexity index is 868. The van der Waals surface area contributed by atoms with Gasteiger partial charge in [0.15, 0.2) is 0 Å². The molecule has 2 aromatic rings. The Morgan fingerprint density at radius 2 is 1.66 bits per heavy atom. The minimum Gasteiger partial charge on any atom is -0.497 e. The highest BCUT2D eigenvalue weighted by Crippen LogP contribution is 2.49. The highest BCUT2D eigenvalue weighted by atomic mass is 19.1. The number of hydrogen-bond donors (Lipinski definition) is 1. The molecule has 1 aliphatic carbocycles. The lowest BCUT2D eigenvalue weighted by molar-refractivity contribution is -0.137. The summed E-state index contributed by atoms with van der Waals surface area (Å²) < 4.78 is 23.7. The quantitative estimate of drug-likeness (QED) is 0.837. The van der Waals surface area contributed by atoms with Gasteiger partial charge in [-0.3, -0.25) is 4.79 Å². The second kappa shape index (κ2) is 7.67. The summed E-state index contributed by atoms with van der Waals surface area (Å²) in [4.78, 5) is 14.7. The largest absolute Gasteiger partial charge is 0.497 e. The number of hydrogen-bond acceptors (Lipinski definition) is 4. The number of piperidine rings is 1. The summed E-state index contributed by atoms with van der Waals surface area (Å²) in [5, 5.41) is 11.2. The van der Waals surface area contributed by atoms with Crippen LogP contribution in [0.15, 0.2) is 42.5 Å². The lowest BCUT2D eigenvalue weighted by Gasteiger charge is -2.39. The van der Waals surface area contributed by atoms with Crippen molar-refractivity contribution in [3.05, 3.63) is 59.4 Å². The maximum atomic E-state index is 13.1. The van der Waals surface area contributed by atoms with Crippen LogP contribution in [-0.2, 0) is 10.4 Å². The van der Waals surface area contributed by atoms with E-state index in [1.807, 2.05) is 17.0 Å². The van der Waals surface area contributed by atoms with Crippen molar-refractivity contribution < 1.29 is 23.8 Å². The van der Waals surface area contributed by atoms with E-state index in [0.717, 1.165) is 17.5 Å². The topological polar surface area (TPSA) is 59.0 Å². The normalized spacial score (nSPS) is 22.8. The third-order valence-corrected chi connectivity index (χ3v) is 6.20. The Morgan fingerprint density at radius 3 is 2.21 bits per heavy atom. The number of carbonyl (C=O) groups excluding carboxylic acids is 1. The van der Waals surface area contributed by atoms with Crippen molar-refractivity contribution in [2.75, 3.05) is 27.3 Å².